The van der Waals surface area contributed by atoms with Crippen molar-refractivity contribution in [2.45, 2.75) is 66.7 Å². The second-order valence-electron chi connectivity index (χ2n) is 14.5. The lowest BCUT2D eigenvalue weighted by Gasteiger charge is -2.44. The van der Waals surface area contributed by atoms with Gasteiger partial charge in [0.2, 0.25) is 5.91 Å². The van der Waals surface area contributed by atoms with E-state index in [1.165, 1.54) is 18.6 Å². The lowest BCUT2D eigenvalue weighted by atomic mass is 9.71. The Morgan fingerprint density at radius 1 is 1.27 bits per heavy atom. The van der Waals surface area contributed by atoms with E-state index in [2.05, 4.69) is 50.4 Å². The van der Waals surface area contributed by atoms with Gasteiger partial charge in [0, 0.05) is 75.1 Å². The van der Waals surface area contributed by atoms with Gasteiger partial charge in [0.1, 0.15) is 6.67 Å². The molecule has 7 nitrogen and oxygen atoms in total. The Bertz CT molecular complexity index is 1430. The van der Waals surface area contributed by atoms with Gasteiger partial charge in [-0.2, -0.15) is 0 Å². The molecule has 1 aliphatic carbocycles. The maximum Gasteiger partial charge on any atom is 0.226 e. The number of carbonyl (C=O) groups excluding carboxylic acids is 1. The predicted molar refractivity (Wildman–Crippen MR) is 196 cm³/mol. The molecule has 1 N–H and O–H groups in total. The third kappa shape index (κ3) is 9.46. The van der Waals surface area contributed by atoms with E-state index < -0.39 is 30.2 Å². The molecule has 3 heterocycles. The fourth-order valence-electron chi connectivity index (χ4n) is 7.70. The number of aliphatic imine (C=N–C) groups is 2. The standard InChI is InChI=1S/C35H48ClF3N6O.C3H8/c1-8-9-24(31(39)30(38)19-37)27-20-43(6)15-12-25(27)33(46)45-16-13-35(14-17-45)18-28(34(3,4)21-44(7)41-22-40-5)26-10-11-29(36)23(2)42-32(26)35;1-3-2/h8-9,11,22,25,27-28H,1,12-21H2,2-7H3,(H,40,41);3H2,1-2H3/b24-9-,31-30-;/t25-,27+,28-;/m1./s1. The SMILES string of the molecule is C=C/C=C(\C(F)=C(\F)CF)[C@@H]1CN(C)CC[C@H]1C(=O)N1CCC2(CC1)C[C@@H](C(C)(C)CN(C)NC=NC)C1=C=CC(Cl)=C(C)N=C12.CCC. The number of hydrogen-bond acceptors (Lipinski definition) is 5. The van der Waals surface area contributed by atoms with Gasteiger partial charge in [0.15, 0.2) is 11.7 Å². The smallest absolute Gasteiger partial charge is 0.226 e. The fraction of sp³-hybridized carbons (Fsp3) is 0.632. The highest BCUT2D eigenvalue weighted by Crippen LogP contribution is 2.55. The van der Waals surface area contributed by atoms with Crippen LogP contribution < -0.4 is 5.43 Å². The Hall–Kier alpha value is -2.91. The summed E-state index contributed by atoms with van der Waals surface area (Å²) in [5.74, 6) is -3.81. The molecular weight excluding hydrogens is 649 g/mol. The van der Waals surface area contributed by atoms with Gasteiger partial charge in [-0.1, -0.05) is 64.4 Å². The minimum absolute atomic E-state index is 0.0115. The molecule has 3 fully saturated rings. The van der Waals surface area contributed by atoms with Crippen molar-refractivity contribution in [3.05, 3.63) is 64.1 Å². The molecule has 3 atom stereocenters. The van der Waals surface area contributed by atoms with Crippen molar-refractivity contribution in [1.29, 1.82) is 0 Å². The largest absolute Gasteiger partial charge is 0.342 e. The minimum Gasteiger partial charge on any atom is -0.342 e. The van der Waals surface area contributed by atoms with Gasteiger partial charge >= 0.3 is 0 Å². The van der Waals surface area contributed by atoms with Crippen molar-refractivity contribution in [3.63, 3.8) is 0 Å². The van der Waals surface area contributed by atoms with Crippen molar-refractivity contribution in [3.8, 4) is 0 Å². The summed E-state index contributed by atoms with van der Waals surface area (Å²) in [7, 11) is 5.60. The summed E-state index contributed by atoms with van der Waals surface area (Å²) in [6.45, 7) is 15.6. The highest BCUT2D eigenvalue weighted by molar-refractivity contribution is 6.31. The van der Waals surface area contributed by atoms with Crippen LogP contribution >= 0.6 is 11.6 Å². The first-order valence-corrected chi connectivity index (χ1v) is 17.8. The van der Waals surface area contributed by atoms with Crippen molar-refractivity contribution in [2.75, 3.05) is 60.5 Å². The van der Waals surface area contributed by atoms with Crippen molar-refractivity contribution in [2.24, 2.45) is 38.6 Å². The molecule has 4 rings (SSSR count). The summed E-state index contributed by atoms with van der Waals surface area (Å²) >= 11 is 6.55. The number of hydrazine groups is 1. The zero-order valence-corrected chi connectivity index (χ0v) is 31.4. The lowest BCUT2D eigenvalue weighted by molar-refractivity contribution is -0.140. The Morgan fingerprint density at radius 3 is 2.51 bits per heavy atom. The fourth-order valence-corrected chi connectivity index (χ4v) is 7.80. The number of piperidine rings is 2. The molecule has 0 unspecified atom stereocenters. The normalized spacial score (nSPS) is 25.0. The van der Waals surface area contributed by atoms with Gasteiger partial charge in [-0.15, -0.1) is 5.73 Å². The molecule has 11 heteroatoms. The number of hydrogen-bond donors (Lipinski definition) is 1. The number of carbonyl (C=O) groups is 1. The first-order valence-electron chi connectivity index (χ1n) is 17.4. The van der Waals surface area contributed by atoms with E-state index >= 15 is 4.39 Å². The number of rotatable bonds is 10. The van der Waals surface area contributed by atoms with E-state index in [-0.39, 0.29) is 28.2 Å². The van der Waals surface area contributed by atoms with Gasteiger partial charge in [-0.25, -0.2) is 18.2 Å². The number of allylic oxidation sites excluding steroid dienone is 7. The van der Waals surface area contributed by atoms with E-state index in [1.54, 1.807) is 13.4 Å². The van der Waals surface area contributed by atoms with Crippen LogP contribution in [0.5, 0.6) is 0 Å². The molecule has 0 aromatic carbocycles. The van der Waals surface area contributed by atoms with Gasteiger partial charge in [0.05, 0.1) is 22.8 Å². The quantitative estimate of drug-likeness (QED) is 0.0825. The number of fused-ring (bicyclic) bond motifs is 2. The van der Waals surface area contributed by atoms with Gasteiger partial charge < -0.3 is 15.2 Å². The Labute approximate surface area is 297 Å². The van der Waals surface area contributed by atoms with Crippen LogP contribution in [0.1, 0.15) is 66.7 Å². The summed E-state index contributed by atoms with van der Waals surface area (Å²) in [5, 5.41) is 2.59. The summed E-state index contributed by atoms with van der Waals surface area (Å²) in [6.07, 6.45) is 10.3. The Balaban J connectivity index is 0.00000209. The molecule has 4 aliphatic rings. The minimum atomic E-state index is -1.54. The molecule has 0 aromatic rings. The topological polar surface area (TPSA) is 63.5 Å². The maximum atomic E-state index is 15.1. The van der Waals surface area contributed by atoms with Crippen LogP contribution in [0.3, 0.4) is 0 Å². The summed E-state index contributed by atoms with van der Waals surface area (Å²) in [4.78, 5) is 27.2. The number of alkyl halides is 1. The first kappa shape index (κ1) is 40.5. The molecule has 49 heavy (non-hydrogen) atoms. The van der Waals surface area contributed by atoms with E-state index in [4.69, 9.17) is 16.6 Å². The molecule has 0 bridgehead atoms. The molecule has 272 valence electrons. The van der Waals surface area contributed by atoms with Crippen LogP contribution in [0.15, 0.2) is 74.1 Å². The van der Waals surface area contributed by atoms with E-state index in [0.29, 0.717) is 50.5 Å². The molecular formula is C38H56ClF3N6O. The average molecular weight is 705 g/mol. The Kier molecular flexibility index (Phi) is 14.8. The third-order valence-corrected chi connectivity index (χ3v) is 10.5. The molecule has 1 saturated carbocycles. The van der Waals surface area contributed by atoms with Gasteiger partial charge in [-0.3, -0.25) is 14.8 Å². The highest BCUT2D eigenvalue weighted by Gasteiger charge is 2.54. The summed E-state index contributed by atoms with van der Waals surface area (Å²) in [5.41, 5.74) is 9.11. The van der Waals surface area contributed by atoms with Gasteiger partial charge in [-0.05, 0) is 57.2 Å². The third-order valence-electron chi connectivity index (χ3n) is 10.1. The average Bonchev–Trinajstić information content (AvgIpc) is 3.27. The van der Waals surface area contributed by atoms with Crippen LogP contribution in [-0.2, 0) is 4.79 Å². The molecule has 2 saturated heterocycles. The second-order valence-corrected chi connectivity index (χ2v) is 14.9. The number of nitrogens with one attached hydrogen (secondary N) is 1. The molecule has 1 amide bonds. The molecule has 0 aromatic heterocycles. The van der Waals surface area contributed by atoms with E-state index in [9.17, 15) is 13.6 Å². The lowest BCUT2D eigenvalue weighted by Crippen LogP contribution is -2.51. The number of amides is 1. The summed E-state index contributed by atoms with van der Waals surface area (Å²) in [6, 6.07) is 0. The van der Waals surface area contributed by atoms with Crippen LogP contribution in [-0.4, -0.2) is 93.3 Å². The van der Waals surface area contributed by atoms with Crippen LogP contribution in [0.4, 0.5) is 13.2 Å². The van der Waals surface area contributed by atoms with Crippen LogP contribution in [0.2, 0.25) is 0 Å². The number of nitrogens with zero attached hydrogens (tertiary/aromatic N) is 5. The second kappa shape index (κ2) is 17.8. The number of halogens is 4. The molecule has 3 aliphatic heterocycles. The maximum absolute atomic E-state index is 15.1. The number of likely N-dealkylation sites (tertiary alicyclic amines) is 2. The van der Waals surface area contributed by atoms with Gasteiger partial charge in [0.25, 0.3) is 0 Å². The zero-order valence-electron chi connectivity index (χ0n) is 30.7. The van der Waals surface area contributed by atoms with E-state index in [0.717, 1.165) is 29.9 Å². The van der Waals surface area contributed by atoms with Crippen molar-refractivity contribution < 1.29 is 18.0 Å². The first-order chi connectivity index (χ1) is 23.2. The zero-order chi connectivity index (χ0) is 36.5. The van der Waals surface area contributed by atoms with Crippen LogP contribution in [0, 0.1) is 28.6 Å². The van der Waals surface area contributed by atoms with E-state index in [1.807, 2.05) is 41.9 Å². The highest BCUT2D eigenvalue weighted by atomic mass is 35.5. The van der Waals surface area contributed by atoms with Crippen molar-refractivity contribution in [1.82, 2.24) is 20.2 Å². The molecule has 0 radical (unpaired) electrons. The Morgan fingerprint density at radius 2 is 1.92 bits per heavy atom. The monoisotopic (exact) mass is 704 g/mol. The molecule has 1 spiro atoms. The predicted octanol–water partition coefficient (Wildman–Crippen LogP) is 7.96. The summed E-state index contributed by atoms with van der Waals surface area (Å²) < 4.78 is 42.4. The van der Waals surface area contributed by atoms with Crippen molar-refractivity contribution >= 4 is 29.6 Å². The van der Waals surface area contributed by atoms with Crippen LogP contribution in [0.25, 0.3) is 0 Å².